The van der Waals surface area contributed by atoms with Gasteiger partial charge in [-0.25, -0.2) is 8.78 Å². The van der Waals surface area contributed by atoms with Crippen LogP contribution < -0.4 is 5.32 Å². The van der Waals surface area contributed by atoms with Gasteiger partial charge in [0.25, 0.3) is 0 Å². The van der Waals surface area contributed by atoms with Crippen LogP contribution in [-0.2, 0) is 6.42 Å². The molecule has 0 saturated carbocycles. The lowest BCUT2D eigenvalue weighted by Crippen LogP contribution is -2.18. The Bertz CT molecular complexity index is 552. The van der Waals surface area contributed by atoms with Gasteiger partial charge < -0.3 is 5.32 Å². The molecule has 0 fully saturated rings. The fourth-order valence-electron chi connectivity index (χ4n) is 1.97. The summed E-state index contributed by atoms with van der Waals surface area (Å²) >= 11 is 5.78. The Morgan fingerprint density at radius 2 is 1.89 bits per heavy atom. The van der Waals surface area contributed by atoms with Gasteiger partial charge in [0, 0.05) is 16.8 Å². The molecule has 0 saturated heterocycles. The van der Waals surface area contributed by atoms with E-state index in [2.05, 4.69) is 5.32 Å². The van der Waals surface area contributed by atoms with E-state index in [1.165, 1.54) is 18.2 Å². The average molecular weight is 282 g/mol. The van der Waals surface area contributed by atoms with Gasteiger partial charge in [-0.2, -0.15) is 0 Å². The third kappa shape index (κ3) is 3.93. The summed E-state index contributed by atoms with van der Waals surface area (Å²) in [6, 6.07) is 10.8. The van der Waals surface area contributed by atoms with E-state index >= 15 is 0 Å². The van der Waals surface area contributed by atoms with Crippen molar-refractivity contribution in [1.29, 1.82) is 0 Å². The van der Waals surface area contributed by atoms with Crippen LogP contribution in [0.4, 0.5) is 14.5 Å². The second-order valence-electron chi connectivity index (χ2n) is 4.50. The maximum absolute atomic E-state index is 13.5. The van der Waals surface area contributed by atoms with Gasteiger partial charge in [0.05, 0.1) is 0 Å². The van der Waals surface area contributed by atoms with E-state index in [4.69, 9.17) is 11.6 Å². The Labute approximate surface area is 116 Å². The lowest BCUT2D eigenvalue weighted by atomic mass is 10.1. The average Bonchev–Trinajstić information content (AvgIpc) is 2.30. The van der Waals surface area contributed by atoms with Gasteiger partial charge in [-0.1, -0.05) is 29.8 Å². The summed E-state index contributed by atoms with van der Waals surface area (Å²) in [5.41, 5.74) is 1.22. The second-order valence-corrected chi connectivity index (χ2v) is 4.94. The van der Waals surface area contributed by atoms with Gasteiger partial charge in [-0.15, -0.1) is 0 Å². The van der Waals surface area contributed by atoms with Crippen molar-refractivity contribution in [1.82, 2.24) is 0 Å². The van der Waals surface area contributed by atoms with Crippen molar-refractivity contribution in [2.45, 2.75) is 19.4 Å². The van der Waals surface area contributed by atoms with Gasteiger partial charge in [-0.05, 0) is 43.2 Å². The topological polar surface area (TPSA) is 12.0 Å². The monoisotopic (exact) mass is 281 g/mol. The zero-order chi connectivity index (χ0) is 13.8. The summed E-state index contributed by atoms with van der Waals surface area (Å²) < 4.78 is 26.7. The highest BCUT2D eigenvalue weighted by Gasteiger charge is 2.08. The predicted molar refractivity (Wildman–Crippen MR) is 74.6 cm³/mol. The maximum Gasteiger partial charge on any atom is 0.126 e. The molecule has 1 atom stereocenters. The van der Waals surface area contributed by atoms with Crippen molar-refractivity contribution in [2.75, 3.05) is 5.32 Å². The molecular weight excluding hydrogens is 268 g/mol. The first-order valence-electron chi connectivity index (χ1n) is 6.00. The van der Waals surface area contributed by atoms with Crippen molar-refractivity contribution < 1.29 is 8.78 Å². The number of rotatable bonds is 4. The summed E-state index contributed by atoms with van der Waals surface area (Å²) in [6.07, 6.45) is 0.515. The van der Waals surface area contributed by atoms with Crippen molar-refractivity contribution >= 4 is 17.3 Å². The minimum absolute atomic E-state index is 0.0326. The molecule has 19 heavy (non-hydrogen) atoms. The molecule has 0 amide bonds. The summed E-state index contributed by atoms with van der Waals surface area (Å²) in [5.74, 6) is -0.624. The Morgan fingerprint density at radius 3 is 2.58 bits per heavy atom. The summed E-state index contributed by atoms with van der Waals surface area (Å²) in [6.45, 7) is 1.91. The van der Waals surface area contributed by atoms with Gasteiger partial charge in [0.15, 0.2) is 0 Å². The van der Waals surface area contributed by atoms with Crippen LogP contribution in [0, 0.1) is 11.6 Å². The molecule has 1 N–H and O–H groups in total. The van der Waals surface area contributed by atoms with Crippen LogP contribution in [0.2, 0.25) is 5.02 Å². The smallest absolute Gasteiger partial charge is 0.126 e. The number of hydrogen-bond acceptors (Lipinski definition) is 1. The molecule has 0 aliphatic rings. The van der Waals surface area contributed by atoms with Crippen LogP contribution >= 0.6 is 11.6 Å². The molecule has 0 radical (unpaired) electrons. The van der Waals surface area contributed by atoms with Gasteiger partial charge in [0.2, 0.25) is 0 Å². The molecule has 4 heteroatoms. The first-order valence-corrected chi connectivity index (χ1v) is 6.38. The molecule has 1 nitrogen and oxygen atoms in total. The Balaban J connectivity index is 2.05. The lowest BCUT2D eigenvalue weighted by Gasteiger charge is -2.16. The van der Waals surface area contributed by atoms with E-state index in [0.717, 1.165) is 0 Å². The molecule has 1 unspecified atom stereocenters. The van der Waals surface area contributed by atoms with Crippen LogP contribution in [0.1, 0.15) is 12.5 Å². The van der Waals surface area contributed by atoms with Crippen LogP contribution in [-0.4, -0.2) is 6.04 Å². The molecule has 0 aliphatic heterocycles. The third-order valence-corrected chi connectivity index (χ3v) is 2.98. The van der Waals surface area contributed by atoms with Crippen LogP contribution in [0.25, 0.3) is 0 Å². The van der Waals surface area contributed by atoms with Gasteiger partial charge >= 0.3 is 0 Å². The maximum atomic E-state index is 13.5. The van der Waals surface area contributed by atoms with Crippen LogP contribution in [0.5, 0.6) is 0 Å². The molecule has 0 bridgehead atoms. The van der Waals surface area contributed by atoms with E-state index in [0.29, 0.717) is 22.7 Å². The molecule has 0 aromatic heterocycles. The van der Waals surface area contributed by atoms with Crippen molar-refractivity contribution in [3.63, 3.8) is 0 Å². The number of benzene rings is 2. The Hall–Kier alpha value is -1.61. The molecule has 0 heterocycles. The molecule has 0 spiro atoms. The van der Waals surface area contributed by atoms with Gasteiger partial charge in [0.1, 0.15) is 11.6 Å². The summed E-state index contributed by atoms with van der Waals surface area (Å²) in [7, 11) is 0. The van der Waals surface area contributed by atoms with Crippen molar-refractivity contribution in [3.8, 4) is 0 Å². The number of hydrogen-bond donors (Lipinski definition) is 1. The van der Waals surface area contributed by atoms with E-state index in [9.17, 15) is 8.78 Å². The third-order valence-electron chi connectivity index (χ3n) is 2.76. The summed E-state index contributed by atoms with van der Waals surface area (Å²) in [4.78, 5) is 0. The highest BCUT2D eigenvalue weighted by Crippen LogP contribution is 2.19. The minimum atomic E-state index is -0.395. The summed E-state index contributed by atoms with van der Waals surface area (Å²) in [5, 5.41) is 3.44. The number of halogens is 3. The number of anilines is 1. The molecular formula is C15H14ClF2N. The van der Waals surface area contributed by atoms with Gasteiger partial charge in [-0.3, -0.25) is 0 Å². The van der Waals surface area contributed by atoms with Crippen LogP contribution in [0.15, 0.2) is 42.5 Å². The largest absolute Gasteiger partial charge is 0.382 e. The first kappa shape index (κ1) is 13.8. The highest BCUT2D eigenvalue weighted by molar-refractivity contribution is 6.30. The fourth-order valence-corrected chi connectivity index (χ4v) is 2.19. The first-order chi connectivity index (χ1) is 9.04. The van der Waals surface area contributed by atoms with E-state index in [1.807, 2.05) is 6.92 Å². The molecule has 0 aliphatic carbocycles. The molecule has 2 rings (SSSR count). The predicted octanol–water partition coefficient (Wildman–Crippen LogP) is 4.66. The quantitative estimate of drug-likeness (QED) is 0.859. The van der Waals surface area contributed by atoms with E-state index < -0.39 is 5.82 Å². The van der Waals surface area contributed by atoms with Crippen LogP contribution in [0.3, 0.4) is 0 Å². The second kappa shape index (κ2) is 6.02. The Kier molecular flexibility index (Phi) is 4.38. The van der Waals surface area contributed by atoms with Crippen molar-refractivity contribution in [2.24, 2.45) is 0 Å². The highest BCUT2D eigenvalue weighted by atomic mass is 35.5. The normalized spacial score (nSPS) is 12.2. The molecule has 100 valence electrons. The standard InChI is InChI=1S/C15H14ClF2N/c1-10(6-11-4-2-3-5-15(11)18)19-14-8-12(16)7-13(17)9-14/h2-5,7-10,19H,6H2,1H3. The lowest BCUT2D eigenvalue weighted by molar-refractivity contribution is 0.601. The van der Waals surface area contributed by atoms with E-state index in [1.54, 1.807) is 24.3 Å². The number of nitrogens with one attached hydrogen (secondary N) is 1. The molecule has 2 aromatic rings. The zero-order valence-corrected chi connectivity index (χ0v) is 11.2. The minimum Gasteiger partial charge on any atom is -0.382 e. The fraction of sp³-hybridized carbons (Fsp3) is 0.200. The zero-order valence-electron chi connectivity index (χ0n) is 10.5. The molecule has 2 aromatic carbocycles. The van der Waals surface area contributed by atoms with E-state index in [-0.39, 0.29) is 11.9 Å². The van der Waals surface area contributed by atoms with Crippen molar-refractivity contribution in [3.05, 3.63) is 64.7 Å². The SMILES string of the molecule is CC(Cc1ccccc1F)Nc1cc(F)cc(Cl)c1. The Morgan fingerprint density at radius 1 is 1.16 bits per heavy atom.